The van der Waals surface area contributed by atoms with Gasteiger partial charge in [0.1, 0.15) is 5.69 Å². The third-order valence-corrected chi connectivity index (χ3v) is 3.37. The van der Waals surface area contributed by atoms with Crippen molar-refractivity contribution in [3.8, 4) is 0 Å². The number of amides is 1. The highest BCUT2D eigenvalue weighted by molar-refractivity contribution is 5.92. The van der Waals surface area contributed by atoms with Crippen LogP contribution in [0, 0.1) is 0 Å². The first kappa shape index (κ1) is 13.8. The summed E-state index contributed by atoms with van der Waals surface area (Å²) in [5, 5.41) is 2.85. The van der Waals surface area contributed by atoms with E-state index in [0.717, 1.165) is 18.8 Å². The fraction of sp³-hybridized carbons (Fsp3) is 0.600. The summed E-state index contributed by atoms with van der Waals surface area (Å²) in [6.07, 6.45) is 6.95. The van der Waals surface area contributed by atoms with E-state index in [2.05, 4.69) is 15.2 Å². The topological polar surface area (TPSA) is 45.2 Å². The van der Waals surface area contributed by atoms with E-state index in [4.69, 9.17) is 0 Å². The summed E-state index contributed by atoms with van der Waals surface area (Å²) in [6, 6.07) is 3.96. The first-order valence-electron chi connectivity index (χ1n) is 7.18. The summed E-state index contributed by atoms with van der Waals surface area (Å²) in [6.45, 7) is 6.09. The first-order chi connectivity index (χ1) is 9.16. The number of nitrogens with zero attached hydrogens (tertiary/aromatic N) is 2. The number of hydrogen-bond donors (Lipinski definition) is 1. The van der Waals surface area contributed by atoms with Gasteiger partial charge in [0.15, 0.2) is 0 Å². The molecule has 0 bridgehead atoms. The Balaban J connectivity index is 2.02. The first-order valence-corrected chi connectivity index (χ1v) is 7.18. The van der Waals surface area contributed by atoms with Crippen LogP contribution in [0.2, 0.25) is 0 Å². The van der Waals surface area contributed by atoms with Crippen molar-refractivity contribution in [3.05, 3.63) is 24.0 Å². The Labute approximate surface area is 115 Å². The molecule has 4 heteroatoms. The Morgan fingerprint density at radius 3 is 2.42 bits per heavy atom. The molecule has 1 aromatic heterocycles. The number of carbonyl (C=O) groups excluding carboxylic acids is 1. The minimum absolute atomic E-state index is 0.0996. The lowest BCUT2D eigenvalue weighted by Crippen LogP contribution is -2.31. The van der Waals surface area contributed by atoms with Crippen molar-refractivity contribution in [2.24, 2.45) is 0 Å². The van der Waals surface area contributed by atoms with Crippen molar-refractivity contribution in [1.29, 1.82) is 0 Å². The van der Waals surface area contributed by atoms with E-state index in [1.165, 1.54) is 25.7 Å². The lowest BCUT2D eigenvalue weighted by molar-refractivity contribution is 0.0938. The molecule has 1 aromatic rings. The van der Waals surface area contributed by atoms with Crippen LogP contribution < -0.4 is 10.2 Å². The molecule has 1 N–H and O–H groups in total. The molecule has 1 aliphatic heterocycles. The molecule has 0 unspecified atom stereocenters. The maximum atomic E-state index is 11.8. The average Bonchev–Trinajstić information content (AvgIpc) is 2.67. The molecule has 0 aliphatic carbocycles. The predicted octanol–water partition coefficient (Wildman–Crippen LogP) is 2.60. The molecule has 1 saturated heterocycles. The Morgan fingerprint density at radius 2 is 1.89 bits per heavy atom. The molecule has 2 heterocycles. The summed E-state index contributed by atoms with van der Waals surface area (Å²) < 4.78 is 0. The minimum Gasteiger partial charge on any atom is -0.370 e. The normalized spacial score (nSPS) is 16.3. The van der Waals surface area contributed by atoms with Crippen LogP contribution in [0.5, 0.6) is 0 Å². The van der Waals surface area contributed by atoms with Gasteiger partial charge in [-0.2, -0.15) is 0 Å². The van der Waals surface area contributed by atoms with Gasteiger partial charge in [0.2, 0.25) is 0 Å². The highest BCUT2D eigenvalue weighted by atomic mass is 16.1. The van der Waals surface area contributed by atoms with Crippen molar-refractivity contribution in [2.45, 2.75) is 45.6 Å². The SMILES string of the molecule is CC(C)NC(=O)c1ccc(N2CCCCCC2)cn1. The fourth-order valence-electron chi connectivity index (χ4n) is 2.37. The van der Waals surface area contributed by atoms with E-state index < -0.39 is 0 Å². The van der Waals surface area contributed by atoms with Crippen LogP contribution in [-0.4, -0.2) is 30.0 Å². The van der Waals surface area contributed by atoms with Gasteiger partial charge in [-0.15, -0.1) is 0 Å². The highest BCUT2D eigenvalue weighted by Crippen LogP contribution is 2.18. The fourth-order valence-corrected chi connectivity index (χ4v) is 2.37. The van der Waals surface area contributed by atoms with Crippen LogP contribution in [0.1, 0.15) is 50.0 Å². The molecule has 19 heavy (non-hydrogen) atoms. The molecule has 1 amide bonds. The second-order valence-electron chi connectivity index (χ2n) is 5.43. The van der Waals surface area contributed by atoms with Gasteiger partial charge in [-0.25, -0.2) is 4.98 Å². The minimum atomic E-state index is -0.0996. The van der Waals surface area contributed by atoms with Crippen molar-refractivity contribution in [1.82, 2.24) is 10.3 Å². The number of carbonyl (C=O) groups is 1. The zero-order valence-corrected chi connectivity index (χ0v) is 11.9. The average molecular weight is 261 g/mol. The molecular weight excluding hydrogens is 238 g/mol. The molecule has 0 saturated carbocycles. The molecule has 2 rings (SSSR count). The van der Waals surface area contributed by atoms with Crippen LogP contribution in [0.3, 0.4) is 0 Å². The maximum Gasteiger partial charge on any atom is 0.270 e. The number of hydrogen-bond acceptors (Lipinski definition) is 3. The zero-order chi connectivity index (χ0) is 13.7. The number of anilines is 1. The molecule has 0 atom stereocenters. The standard InChI is InChI=1S/C15H23N3O/c1-12(2)17-15(19)14-8-7-13(11-16-14)18-9-5-3-4-6-10-18/h7-8,11-12H,3-6,9-10H2,1-2H3,(H,17,19). The zero-order valence-electron chi connectivity index (χ0n) is 11.9. The Hall–Kier alpha value is -1.58. The highest BCUT2D eigenvalue weighted by Gasteiger charge is 2.12. The third-order valence-electron chi connectivity index (χ3n) is 3.37. The molecule has 1 aliphatic rings. The smallest absolute Gasteiger partial charge is 0.270 e. The van der Waals surface area contributed by atoms with Gasteiger partial charge in [-0.1, -0.05) is 12.8 Å². The van der Waals surface area contributed by atoms with Crippen molar-refractivity contribution in [2.75, 3.05) is 18.0 Å². The van der Waals surface area contributed by atoms with Crippen molar-refractivity contribution >= 4 is 11.6 Å². The monoisotopic (exact) mass is 261 g/mol. The van der Waals surface area contributed by atoms with Crippen LogP contribution in [0.15, 0.2) is 18.3 Å². The van der Waals surface area contributed by atoms with Gasteiger partial charge in [0.25, 0.3) is 5.91 Å². The molecule has 4 nitrogen and oxygen atoms in total. The van der Waals surface area contributed by atoms with Gasteiger partial charge < -0.3 is 10.2 Å². The Kier molecular flexibility index (Phi) is 4.77. The van der Waals surface area contributed by atoms with Gasteiger partial charge in [0.05, 0.1) is 11.9 Å². The largest absolute Gasteiger partial charge is 0.370 e. The second-order valence-corrected chi connectivity index (χ2v) is 5.43. The molecule has 1 fully saturated rings. The lowest BCUT2D eigenvalue weighted by Gasteiger charge is -2.22. The van der Waals surface area contributed by atoms with Crippen LogP contribution >= 0.6 is 0 Å². The number of rotatable bonds is 3. The maximum absolute atomic E-state index is 11.8. The van der Waals surface area contributed by atoms with E-state index in [0.29, 0.717) is 5.69 Å². The molecule has 0 radical (unpaired) electrons. The van der Waals surface area contributed by atoms with E-state index in [1.807, 2.05) is 32.2 Å². The van der Waals surface area contributed by atoms with Gasteiger partial charge in [-0.3, -0.25) is 4.79 Å². The van der Waals surface area contributed by atoms with E-state index in [1.54, 1.807) is 0 Å². The summed E-state index contributed by atoms with van der Waals surface area (Å²) in [5.41, 5.74) is 1.62. The van der Waals surface area contributed by atoms with E-state index in [9.17, 15) is 4.79 Å². The Morgan fingerprint density at radius 1 is 1.21 bits per heavy atom. The Bertz CT molecular complexity index is 406. The predicted molar refractivity (Wildman–Crippen MR) is 77.5 cm³/mol. The second kappa shape index (κ2) is 6.55. The molecule has 0 spiro atoms. The number of nitrogens with one attached hydrogen (secondary N) is 1. The van der Waals surface area contributed by atoms with Gasteiger partial charge in [0, 0.05) is 19.1 Å². The van der Waals surface area contributed by atoms with E-state index in [-0.39, 0.29) is 11.9 Å². The molecule has 0 aromatic carbocycles. The summed E-state index contributed by atoms with van der Waals surface area (Å²) in [5.74, 6) is -0.0996. The van der Waals surface area contributed by atoms with Gasteiger partial charge in [-0.05, 0) is 38.8 Å². The van der Waals surface area contributed by atoms with Crippen molar-refractivity contribution < 1.29 is 4.79 Å². The van der Waals surface area contributed by atoms with Crippen molar-refractivity contribution in [3.63, 3.8) is 0 Å². The summed E-state index contributed by atoms with van der Waals surface area (Å²) >= 11 is 0. The number of aromatic nitrogens is 1. The quantitative estimate of drug-likeness (QED) is 0.909. The van der Waals surface area contributed by atoms with Crippen LogP contribution in [0.25, 0.3) is 0 Å². The third kappa shape index (κ3) is 3.94. The lowest BCUT2D eigenvalue weighted by atomic mass is 10.2. The van der Waals surface area contributed by atoms with E-state index >= 15 is 0 Å². The number of pyridine rings is 1. The molecule has 104 valence electrons. The van der Waals surface area contributed by atoms with Gasteiger partial charge >= 0.3 is 0 Å². The summed E-state index contributed by atoms with van der Waals surface area (Å²) in [7, 11) is 0. The van der Waals surface area contributed by atoms with Crippen LogP contribution in [0.4, 0.5) is 5.69 Å². The van der Waals surface area contributed by atoms with Crippen LogP contribution in [-0.2, 0) is 0 Å². The molecular formula is C15H23N3O. The summed E-state index contributed by atoms with van der Waals surface area (Å²) in [4.78, 5) is 18.5.